The molecule has 5 heterocycles. The van der Waals surface area contributed by atoms with Crippen LogP contribution in [0.2, 0.25) is 0 Å². The van der Waals surface area contributed by atoms with Gasteiger partial charge in [-0.15, -0.1) is 0 Å². The normalized spacial score (nSPS) is 16.7. The minimum absolute atomic E-state index is 0.0961. The van der Waals surface area contributed by atoms with Crippen LogP contribution in [0.4, 0.5) is 10.6 Å². The number of aromatic nitrogens is 6. The highest BCUT2D eigenvalue weighted by molar-refractivity contribution is 5.99. The second-order valence-corrected chi connectivity index (χ2v) is 10.4. The van der Waals surface area contributed by atoms with E-state index in [9.17, 15) is 4.79 Å². The van der Waals surface area contributed by atoms with Crippen molar-refractivity contribution in [3.63, 3.8) is 0 Å². The van der Waals surface area contributed by atoms with E-state index in [0.717, 1.165) is 58.4 Å². The zero-order valence-corrected chi connectivity index (χ0v) is 22.2. The van der Waals surface area contributed by atoms with Gasteiger partial charge in [0.25, 0.3) is 0 Å². The fraction of sp³-hybridized carbons (Fsp3) is 0.345. The lowest BCUT2D eigenvalue weighted by Gasteiger charge is -2.37. The van der Waals surface area contributed by atoms with E-state index in [2.05, 4.69) is 33.2 Å². The Hall–Kier alpha value is -4.51. The monoisotopic (exact) mass is 537 g/mol. The number of urea groups is 1. The maximum Gasteiger partial charge on any atom is 0.320 e. The Bertz CT molecular complexity index is 1670. The lowest BCUT2D eigenvalue weighted by molar-refractivity contribution is 0.0401. The molecule has 2 amide bonds. The van der Waals surface area contributed by atoms with Gasteiger partial charge >= 0.3 is 6.03 Å². The summed E-state index contributed by atoms with van der Waals surface area (Å²) in [6.07, 6.45) is 3.80. The number of H-pyrrole nitrogens is 1. The van der Waals surface area contributed by atoms with Crippen LogP contribution in [0.5, 0.6) is 0 Å². The van der Waals surface area contributed by atoms with Crippen molar-refractivity contribution in [2.75, 3.05) is 45.1 Å². The van der Waals surface area contributed by atoms with Gasteiger partial charge in [0.05, 0.1) is 35.7 Å². The largest absolute Gasteiger partial charge is 0.383 e. The van der Waals surface area contributed by atoms with Crippen molar-refractivity contribution in [3.05, 3.63) is 66.2 Å². The number of imidazole rings is 1. The number of hydrogen-bond acceptors (Lipinski definition) is 7. The third-order valence-corrected chi connectivity index (χ3v) is 7.90. The summed E-state index contributed by atoms with van der Waals surface area (Å²) < 4.78 is 7.38. The molecule has 2 aromatic carbocycles. The molecule has 2 saturated heterocycles. The van der Waals surface area contributed by atoms with Gasteiger partial charge in [-0.25, -0.2) is 24.4 Å². The minimum Gasteiger partial charge on any atom is -0.383 e. The quantitative estimate of drug-likeness (QED) is 0.358. The number of carbonyl (C=O) groups is 1. The van der Waals surface area contributed by atoms with E-state index in [-0.39, 0.29) is 12.1 Å². The average molecular weight is 538 g/mol. The van der Waals surface area contributed by atoms with E-state index >= 15 is 0 Å². The molecule has 0 atom stereocenters. The van der Waals surface area contributed by atoms with Gasteiger partial charge < -0.3 is 25.3 Å². The summed E-state index contributed by atoms with van der Waals surface area (Å²) in [5, 5.41) is 5.80. The highest BCUT2D eigenvalue weighted by atomic mass is 16.5. The number of aromatic amines is 1. The summed E-state index contributed by atoms with van der Waals surface area (Å²) in [7, 11) is 0. The van der Waals surface area contributed by atoms with Crippen molar-refractivity contribution in [3.8, 4) is 11.3 Å². The predicted octanol–water partition coefficient (Wildman–Crippen LogP) is 3.63. The van der Waals surface area contributed by atoms with Gasteiger partial charge in [0, 0.05) is 38.2 Å². The van der Waals surface area contributed by atoms with Crippen molar-refractivity contribution in [2.45, 2.75) is 25.3 Å². The van der Waals surface area contributed by atoms with Crippen LogP contribution in [0.25, 0.3) is 33.3 Å². The number of nitrogens with zero attached hydrogens (tertiary/aromatic N) is 7. The molecular weight excluding hydrogens is 506 g/mol. The second-order valence-electron chi connectivity index (χ2n) is 10.4. The standard InChI is InChI=1S/C29H31N9O2/c30-27-25-26(20-6-7-22-23(17-20)34-24(33-22)16-19-4-2-1-3-5-19)35-38(28(25)32-18-31-27)21-8-10-36(11-9-21)29(39)37-12-14-40-15-13-37/h1-7,17-18,21H,8-16H2,(H,33,34)(H2,30,31,32). The number of piperidine rings is 1. The molecule has 0 bridgehead atoms. The van der Waals surface area contributed by atoms with Gasteiger partial charge in [-0.05, 0) is 30.5 Å². The number of fused-ring (bicyclic) bond motifs is 2. The number of likely N-dealkylation sites (tertiary alicyclic amines) is 1. The van der Waals surface area contributed by atoms with Gasteiger partial charge in [0.2, 0.25) is 0 Å². The van der Waals surface area contributed by atoms with Crippen LogP contribution in [0.3, 0.4) is 0 Å². The van der Waals surface area contributed by atoms with Crippen molar-refractivity contribution < 1.29 is 9.53 Å². The predicted molar refractivity (Wildman–Crippen MR) is 152 cm³/mol. The highest BCUT2D eigenvalue weighted by Crippen LogP contribution is 2.35. The Balaban J connectivity index is 1.17. The third kappa shape index (κ3) is 4.51. The van der Waals surface area contributed by atoms with Crippen LogP contribution < -0.4 is 5.73 Å². The molecule has 3 aromatic heterocycles. The molecule has 0 saturated carbocycles. The Labute approximate surface area is 231 Å². The van der Waals surface area contributed by atoms with Crippen LogP contribution in [0.15, 0.2) is 54.9 Å². The third-order valence-electron chi connectivity index (χ3n) is 7.90. The summed E-state index contributed by atoms with van der Waals surface area (Å²) in [4.78, 5) is 33.9. The molecule has 3 N–H and O–H groups in total. The molecule has 0 spiro atoms. The number of rotatable bonds is 4. The molecule has 0 unspecified atom stereocenters. The Morgan fingerprint density at radius 1 is 1.00 bits per heavy atom. The zero-order valence-electron chi connectivity index (χ0n) is 22.2. The first-order chi connectivity index (χ1) is 19.6. The summed E-state index contributed by atoms with van der Waals surface area (Å²) >= 11 is 0. The number of nitrogens with one attached hydrogen (secondary N) is 1. The van der Waals surface area contributed by atoms with Gasteiger partial charge in [0.15, 0.2) is 5.65 Å². The van der Waals surface area contributed by atoms with Crippen LogP contribution in [0, 0.1) is 0 Å². The number of carbonyl (C=O) groups excluding carboxylic acids is 1. The number of anilines is 1. The lowest BCUT2D eigenvalue weighted by atomic mass is 10.1. The molecule has 2 aliphatic rings. The molecule has 7 rings (SSSR count). The van der Waals surface area contributed by atoms with E-state index < -0.39 is 0 Å². The highest BCUT2D eigenvalue weighted by Gasteiger charge is 2.30. The van der Waals surface area contributed by atoms with Gasteiger partial charge in [0.1, 0.15) is 23.7 Å². The van der Waals surface area contributed by atoms with Gasteiger partial charge in [-0.1, -0.05) is 36.4 Å². The summed E-state index contributed by atoms with van der Waals surface area (Å²) in [5.74, 6) is 1.32. The van der Waals surface area contributed by atoms with Gasteiger partial charge in [-0.2, -0.15) is 5.10 Å². The average Bonchev–Trinajstić information content (AvgIpc) is 3.59. The van der Waals surface area contributed by atoms with Gasteiger partial charge in [-0.3, -0.25) is 0 Å². The minimum atomic E-state index is 0.0961. The van der Waals surface area contributed by atoms with E-state index in [1.165, 1.54) is 11.9 Å². The summed E-state index contributed by atoms with van der Waals surface area (Å²) in [6.45, 7) is 3.84. The van der Waals surface area contributed by atoms with E-state index in [4.69, 9.17) is 20.6 Å². The smallest absolute Gasteiger partial charge is 0.320 e. The van der Waals surface area contributed by atoms with Crippen molar-refractivity contribution in [1.29, 1.82) is 0 Å². The van der Waals surface area contributed by atoms with Crippen LogP contribution in [0.1, 0.15) is 30.3 Å². The van der Waals surface area contributed by atoms with Crippen LogP contribution in [-0.4, -0.2) is 84.9 Å². The topological polar surface area (TPSA) is 131 Å². The lowest BCUT2D eigenvalue weighted by Crippen LogP contribution is -2.50. The fourth-order valence-electron chi connectivity index (χ4n) is 5.79. The molecule has 204 valence electrons. The van der Waals surface area contributed by atoms with Crippen molar-refractivity contribution in [2.24, 2.45) is 0 Å². The Morgan fingerprint density at radius 2 is 1.77 bits per heavy atom. The molecule has 0 radical (unpaired) electrons. The number of amides is 2. The molecule has 2 aliphatic heterocycles. The number of ether oxygens (including phenoxy) is 1. The molecule has 5 aromatic rings. The molecule has 0 aliphatic carbocycles. The molecule has 11 nitrogen and oxygen atoms in total. The number of hydrogen-bond donors (Lipinski definition) is 2. The molecule has 11 heteroatoms. The maximum atomic E-state index is 13.0. The van der Waals surface area contributed by atoms with E-state index in [0.29, 0.717) is 45.2 Å². The molecular formula is C29H31N9O2. The first-order valence-electron chi connectivity index (χ1n) is 13.8. The van der Waals surface area contributed by atoms with Crippen LogP contribution >= 0.6 is 0 Å². The summed E-state index contributed by atoms with van der Waals surface area (Å²) in [6, 6.07) is 16.6. The number of nitrogen functional groups attached to an aromatic ring is 1. The number of benzene rings is 2. The first kappa shape index (κ1) is 24.5. The summed E-state index contributed by atoms with van der Waals surface area (Å²) in [5.41, 5.74) is 11.8. The maximum absolute atomic E-state index is 13.0. The molecule has 40 heavy (non-hydrogen) atoms. The van der Waals surface area contributed by atoms with Crippen molar-refractivity contribution >= 4 is 33.9 Å². The van der Waals surface area contributed by atoms with E-state index in [1.54, 1.807) is 0 Å². The van der Waals surface area contributed by atoms with Crippen LogP contribution in [-0.2, 0) is 11.2 Å². The second kappa shape index (κ2) is 10.2. The number of nitrogens with two attached hydrogens (primary N) is 1. The molecule has 2 fully saturated rings. The fourth-order valence-corrected chi connectivity index (χ4v) is 5.79. The Morgan fingerprint density at radius 3 is 2.58 bits per heavy atom. The van der Waals surface area contributed by atoms with Crippen molar-refractivity contribution in [1.82, 2.24) is 39.5 Å². The SMILES string of the molecule is Nc1ncnc2c1c(-c1ccc3nc(Cc4ccccc4)[nH]c3c1)nn2C1CCN(C(=O)N2CCOCC2)CC1. The van der Waals surface area contributed by atoms with E-state index in [1.807, 2.05) is 44.8 Å². The first-order valence-corrected chi connectivity index (χ1v) is 13.8. The number of morpholine rings is 1. The Kier molecular flexibility index (Phi) is 6.27. The zero-order chi connectivity index (χ0) is 27.1.